The maximum absolute atomic E-state index is 12.0. The lowest BCUT2D eigenvalue weighted by Gasteiger charge is -2.33. The summed E-state index contributed by atoms with van der Waals surface area (Å²) < 4.78 is 5.13. The normalized spacial score (nSPS) is 16.2. The monoisotopic (exact) mass is 352 g/mol. The Kier molecular flexibility index (Phi) is 6.10. The molecule has 3 heteroatoms. The summed E-state index contributed by atoms with van der Waals surface area (Å²) in [6, 6.07) is 16.2. The summed E-state index contributed by atoms with van der Waals surface area (Å²) in [4.78, 5) is 12.0. The van der Waals surface area contributed by atoms with Gasteiger partial charge in [-0.25, -0.2) is 0 Å². The summed E-state index contributed by atoms with van der Waals surface area (Å²) >= 11 is 0. The van der Waals surface area contributed by atoms with Crippen LogP contribution in [0.15, 0.2) is 48.5 Å². The molecule has 138 valence electrons. The van der Waals surface area contributed by atoms with Gasteiger partial charge in [0.2, 0.25) is 0 Å². The number of benzene rings is 2. The molecule has 0 aromatic heterocycles. The molecule has 0 bridgehead atoms. The van der Waals surface area contributed by atoms with Gasteiger partial charge in [0, 0.05) is 6.42 Å². The average Bonchev–Trinajstić information content (AvgIpc) is 2.63. The molecule has 2 aromatic carbocycles. The molecule has 26 heavy (non-hydrogen) atoms. The van der Waals surface area contributed by atoms with E-state index in [9.17, 15) is 9.90 Å². The molecule has 1 fully saturated rings. The third kappa shape index (κ3) is 4.53. The van der Waals surface area contributed by atoms with Gasteiger partial charge in [-0.1, -0.05) is 67.8 Å². The number of rotatable bonds is 6. The minimum atomic E-state index is -0.607. The molecular formula is C23H28O3. The minimum absolute atomic E-state index is 0.205. The highest BCUT2D eigenvalue weighted by Gasteiger charge is 2.30. The SMILES string of the molecule is CCOC(=O)Cc1ccccc1-c1ccccc1CC1(O)CCCCC1. The van der Waals surface area contributed by atoms with E-state index in [0.717, 1.165) is 47.9 Å². The van der Waals surface area contributed by atoms with Crippen LogP contribution in [-0.4, -0.2) is 23.3 Å². The van der Waals surface area contributed by atoms with E-state index in [1.807, 2.05) is 37.3 Å². The first-order valence-electron chi connectivity index (χ1n) is 9.65. The van der Waals surface area contributed by atoms with Crippen molar-refractivity contribution in [2.24, 2.45) is 0 Å². The molecule has 3 nitrogen and oxygen atoms in total. The van der Waals surface area contributed by atoms with Crippen LogP contribution < -0.4 is 0 Å². The van der Waals surface area contributed by atoms with Gasteiger partial charge in [0.1, 0.15) is 0 Å². The molecule has 0 unspecified atom stereocenters. The first-order valence-corrected chi connectivity index (χ1v) is 9.65. The first-order chi connectivity index (χ1) is 12.6. The quantitative estimate of drug-likeness (QED) is 0.767. The minimum Gasteiger partial charge on any atom is -0.466 e. The van der Waals surface area contributed by atoms with Crippen molar-refractivity contribution in [3.05, 3.63) is 59.7 Å². The fourth-order valence-electron chi connectivity index (χ4n) is 3.98. The van der Waals surface area contributed by atoms with E-state index in [1.54, 1.807) is 0 Å². The zero-order valence-electron chi connectivity index (χ0n) is 15.5. The van der Waals surface area contributed by atoms with Crippen LogP contribution in [0.2, 0.25) is 0 Å². The Morgan fingerprint density at radius 2 is 1.54 bits per heavy atom. The molecule has 2 aromatic rings. The second-order valence-electron chi connectivity index (χ2n) is 7.26. The van der Waals surface area contributed by atoms with Crippen LogP contribution in [0.5, 0.6) is 0 Å². The molecular weight excluding hydrogens is 324 g/mol. The number of ether oxygens (including phenoxy) is 1. The third-order valence-corrected chi connectivity index (χ3v) is 5.27. The van der Waals surface area contributed by atoms with Crippen molar-refractivity contribution in [2.75, 3.05) is 6.61 Å². The predicted octanol–water partition coefficient (Wildman–Crippen LogP) is 4.70. The smallest absolute Gasteiger partial charge is 0.310 e. The summed E-state index contributed by atoms with van der Waals surface area (Å²) in [6.45, 7) is 2.22. The summed E-state index contributed by atoms with van der Waals surface area (Å²) in [5.74, 6) is -0.205. The van der Waals surface area contributed by atoms with E-state index >= 15 is 0 Å². The van der Waals surface area contributed by atoms with E-state index in [1.165, 1.54) is 6.42 Å². The van der Waals surface area contributed by atoms with Crippen molar-refractivity contribution in [3.8, 4) is 11.1 Å². The number of carbonyl (C=O) groups excluding carboxylic acids is 1. The molecule has 1 N–H and O–H groups in total. The van der Waals surface area contributed by atoms with E-state index < -0.39 is 5.60 Å². The van der Waals surface area contributed by atoms with Crippen LogP contribution in [0.4, 0.5) is 0 Å². The van der Waals surface area contributed by atoms with Crippen LogP contribution in [0.25, 0.3) is 11.1 Å². The van der Waals surface area contributed by atoms with Crippen LogP contribution >= 0.6 is 0 Å². The van der Waals surface area contributed by atoms with E-state index in [0.29, 0.717) is 13.0 Å². The maximum Gasteiger partial charge on any atom is 0.310 e. The fraction of sp³-hybridized carbons (Fsp3) is 0.435. The second-order valence-corrected chi connectivity index (χ2v) is 7.26. The van der Waals surface area contributed by atoms with Gasteiger partial charge in [0.15, 0.2) is 0 Å². The fourth-order valence-corrected chi connectivity index (χ4v) is 3.98. The number of carbonyl (C=O) groups is 1. The highest BCUT2D eigenvalue weighted by molar-refractivity contribution is 5.79. The highest BCUT2D eigenvalue weighted by atomic mass is 16.5. The third-order valence-electron chi connectivity index (χ3n) is 5.27. The molecule has 1 saturated carbocycles. The molecule has 3 rings (SSSR count). The van der Waals surface area contributed by atoms with Crippen molar-refractivity contribution >= 4 is 5.97 Å². The van der Waals surface area contributed by atoms with Gasteiger partial charge >= 0.3 is 5.97 Å². The average molecular weight is 352 g/mol. The van der Waals surface area contributed by atoms with Crippen LogP contribution in [-0.2, 0) is 22.4 Å². The first kappa shape index (κ1) is 18.7. The molecule has 0 atom stereocenters. The zero-order chi connectivity index (χ0) is 18.4. The predicted molar refractivity (Wildman–Crippen MR) is 104 cm³/mol. The van der Waals surface area contributed by atoms with Crippen molar-refractivity contribution in [1.29, 1.82) is 0 Å². The van der Waals surface area contributed by atoms with Gasteiger partial charge in [0.25, 0.3) is 0 Å². The Hall–Kier alpha value is -2.13. The van der Waals surface area contributed by atoms with Crippen LogP contribution in [0.1, 0.15) is 50.2 Å². The van der Waals surface area contributed by atoms with Gasteiger partial charge in [-0.2, -0.15) is 0 Å². The maximum atomic E-state index is 12.0. The van der Waals surface area contributed by atoms with Gasteiger partial charge in [0.05, 0.1) is 18.6 Å². The Morgan fingerprint density at radius 1 is 0.962 bits per heavy atom. The molecule has 0 spiro atoms. The van der Waals surface area contributed by atoms with Crippen LogP contribution in [0, 0.1) is 0 Å². The van der Waals surface area contributed by atoms with Crippen molar-refractivity contribution in [3.63, 3.8) is 0 Å². The number of esters is 1. The van der Waals surface area contributed by atoms with Crippen molar-refractivity contribution < 1.29 is 14.6 Å². The van der Waals surface area contributed by atoms with Gasteiger partial charge in [-0.3, -0.25) is 4.79 Å². The largest absolute Gasteiger partial charge is 0.466 e. The molecule has 0 radical (unpaired) electrons. The number of aliphatic hydroxyl groups is 1. The molecule has 0 amide bonds. The lowest BCUT2D eigenvalue weighted by molar-refractivity contribution is -0.142. The Morgan fingerprint density at radius 3 is 2.19 bits per heavy atom. The lowest BCUT2D eigenvalue weighted by atomic mass is 9.79. The van der Waals surface area contributed by atoms with Crippen LogP contribution in [0.3, 0.4) is 0 Å². The van der Waals surface area contributed by atoms with E-state index in [2.05, 4.69) is 18.2 Å². The summed E-state index contributed by atoms with van der Waals surface area (Å²) in [6.07, 6.45) is 6.07. The van der Waals surface area contributed by atoms with E-state index in [4.69, 9.17) is 4.74 Å². The molecule has 0 heterocycles. The second kappa shape index (κ2) is 8.50. The summed E-state index contributed by atoms with van der Waals surface area (Å²) in [5, 5.41) is 11.0. The molecule has 1 aliphatic rings. The van der Waals surface area contributed by atoms with Crippen molar-refractivity contribution in [1.82, 2.24) is 0 Å². The lowest BCUT2D eigenvalue weighted by Crippen LogP contribution is -2.33. The molecule has 0 saturated heterocycles. The van der Waals surface area contributed by atoms with E-state index in [-0.39, 0.29) is 12.4 Å². The van der Waals surface area contributed by atoms with Crippen molar-refractivity contribution in [2.45, 2.75) is 57.5 Å². The van der Waals surface area contributed by atoms with Gasteiger partial charge in [-0.05, 0) is 42.0 Å². The van der Waals surface area contributed by atoms with Gasteiger partial charge < -0.3 is 9.84 Å². The number of hydrogen-bond acceptors (Lipinski definition) is 3. The summed E-state index contributed by atoms with van der Waals surface area (Å²) in [5.41, 5.74) is 3.66. The highest BCUT2D eigenvalue weighted by Crippen LogP contribution is 2.35. The van der Waals surface area contributed by atoms with Gasteiger partial charge in [-0.15, -0.1) is 0 Å². The Balaban J connectivity index is 1.91. The molecule has 0 aliphatic heterocycles. The summed E-state index contributed by atoms with van der Waals surface area (Å²) in [7, 11) is 0. The Labute approximate surface area is 156 Å². The molecule has 1 aliphatic carbocycles. The number of hydrogen-bond donors (Lipinski definition) is 1. The topological polar surface area (TPSA) is 46.5 Å². The standard InChI is InChI=1S/C23H28O3/c1-2-26-22(24)16-18-10-4-6-12-20(18)21-13-7-5-11-19(21)17-23(25)14-8-3-9-15-23/h4-7,10-13,25H,2-3,8-9,14-17H2,1H3. The zero-order valence-corrected chi connectivity index (χ0v) is 15.5. The Bertz CT molecular complexity index is 745.